The fraction of sp³-hybridized carbons (Fsp3) is 0.192. The minimum absolute atomic E-state index is 0.107. The van der Waals surface area contributed by atoms with Crippen molar-refractivity contribution < 1.29 is 14.7 Å². The Bertz CT molecular complexity index is 1150. The average Bonchev–Trinajstić information content (AvgIpc) is 3.04. The van der Waals surface area contributed by atoms with E-state index in [0.29, 0.717) is 11.3 Å². The van der Waals surface area contributed by atoms with Crippen molar-refractivity contribution in [3.63, 3.8) is 0 Å². The lowest BCUT2D eigenvalue weighted by molar-refractivity contribution is -0.140. The summed E-state index contributed by atoms with van der Waals surface area (Å²) in [5.74, 6) is -1.47. The first kappa shape index (κ1) is 20.5. The van der Waals surface area contributed by atoms with Crippen molar-refractivity contribution >= 4 is 17.4 Å². The molecule has 1 fully saturated rings. The van der Waals surface area contributed by atoms with Crippen LogP contribution in [0.2, 0.25) is 0 Å². The smallest absolute Gasteiger partial charge is 0.296 e. The minimum Gasteiger partial charge on any atom is -0.507 e. The zero-order valence-corrected chi connectivity index (χ0v) is 17.6. The number of hydrogen-bond donors (Lipinski definition) is 1. The minimum atomic E-state index is -0.687. The van der Waals surface area contributed by atoms with Crippen LogP contribution < -0.4 is 0 Å². The maximum Gasteiger partial charge on any atom is 0.296 e. The van der Waals surface area contributed by atoms with Gasteiger partial charge in [0.2, 0.25) is 0 Å². The largest absolute Gasteiger partial charge is 0.507 e. The van der Waals surface area contributed by atoms with E-state index in [9.17, 15) is 14.7 Å². The standard InChI is InChI=1S/C26H24N2O3/c1-3-18-10-12-19(13-11-18)24(29)22-23(20-8-6-7-17(2)15-20)28(26(31)25(22)30)16-21-9-4-5-14-27-21/h4-15,23,29H,3,16H2,1-2H3/b24-22-. The maximum absolute atomic E-state index is 13.1. The van der Waals surface area contributed by atoms with Gasteiger partial charge in [-0.25, -0.2) is 0 Å². The van der Waals surface area contributed by atoms with E-state index >= 15 is 0 Å². The number of likely N-dealkylation sites (tertiary alicyclic amines) is 1. The molecular weight excluding hydrogens is 388 g/mol. The molecule has 0 saturated carbocycles. The molecule has 1 aliphatic rings. The highest BCUT2D eigenvalue weighted by Crippen LogP contribution is 2.40. The number of carbonyl (C=O) groups is 2. The summed E-state index contributed by atoms with van der Waals surface area (Å²) in [4.78, 5) is 31.9. The number of nitrogens with zero attached hydrogens (tertiary/aromatic N) is 2. The van der Waals surface area contributed by atoms with Gasteiger partial charge in [0.05, 0.1) is 23.9 Å². The average molecular weight is 412 g/mol. The fourth-order valence-corrected chi connectivity index (χ4v) is 3.95. The molecule has 31 heavy (non-hydrogen) atoms. The quantitative estimate of drug-likeness (QED) is 0.378. The number of aliphatic hydroxyl groups excluding tert-OH is 1. The normalized spacial score (nSPS) is 17.9. The summed E-state index contributed by atoms with van der Waals surface area (Å²) >= 11 is 0. The molecule has 4 rings (SSSR count). The summed E-state index contributed by atoms with van der Waals surface area (Å²) < 4.78 is 0. The summed E-state index contributed by atoms with van der Waals surface area (Å²) in [6, 6.07) is 19.8. The number of benzene rings is 2. The molecule has 3 aromatic rings. The molecule has 5 heteroatoms. The van der Waals surface area contributed by atoms with Crippen molar-refractivity contribution in [3.8, 4) is 0 Å². The van der Waals surface area contributed by atoms with Gasteiger partial charge in [-0.05, 0) is 36.6 Å². The number of rotatable bonds is 5. The van der Waals surface area contributed by atoms with Gasteiger partial charge in [-0.1, -0.05) is 67.1 Å². The monoisotopic (exact) mass is 412 g/mol. The molecule has 1 amide bonds. The Kier molecular flexibility index (Phi) is 5.67. The van der Waals surface area contributed by atoms with Crippen LogP contribution in [0.5, 0.6) is 0 Å². The van der Waals surface area contributed by atoms with E-state index in [-0.39, 0.29) is 17.9 Å². The van der Waals surface area contributed by atoms with Crippen LogP contribution in [0.1, 0.15) is 40.9 Å². The maximum atomic E-state index is 13.1. The molecule has 1 unspecified atom stereocenters. The van der Waals surface area contributed by atoms with Gasteiger partial charge < -0.3 is 10.0 Å². The first-order valence-electron chi connectivity index (χ1n) is 10.3. The summed E-state index contributed by atoms with van der Waals surface area (Å²) in [5, 5.41) is 11.1. The molecule has 1 N–H and O–H groups in total. The van der Waals surface area contributed by atoms with E-state index in [4.69, 9.17) is 0 Å². The van der Waals surface area contributed by atoms with Gasteiger partial charge in [0, 0.05) is 11.8 Å². The van der Waals surface area contributed by atoms with Gasteiger partial charge in [-0.15, -0.1) is 0 Å². The predicted molar refractivity (Wildman–Crippen MR) is 119 cm³/mol. The van der Waals surface area contributed by atoms with Crippen molar-refractivity contribution in [1.82, 2.24) is 9.88 Å². The van der Waals surface area contributed by atoms with Crippen molar-refractivity contribution in [1.29, 1.82) is 0 Å². The lowest BCUT2D eigenvalue weighted by Crippen LogP contribution is -2.29. The van der Waals surface area contributed by atoms with E-state index in [0.717, 1.165) is 23.1 Å². The van der Waals surface area contributed by atoms with Crippen LogP contribution in [-0.2, 0) is 22.6 Å². The molecule has 0 bridgehead atoms. The summed E-state index contributed by atoms with van der Waals surface area (Å²) in [7, 11) is 0. The van der Waals surface area contributed by atoms with E-state index in [1.807, 2.05) is 55.5 Å². The highest BCUT2D eigenvalue weighted by molar-refractivity contribution is 6.46. The Labute approximate surface area is 181 Å². The second-order valence-electron chi connectivity index (χ2n) is 7.71. The molecule has 0 aliphatic carbocycles. The van der Waals surface area contributed by atoms with Crippen LogP contribution >= 0.6 is 0 Å². The van der Waals surface area contributed by atoms with Gasteiger partial charge >= 0.3 is 0 Å². The van der Waals surface area contributed by atoms with Crippen LogP contribution in [0, 0.1) is 6.92 Å². The zero-order valence-electron chi connectivity index (χ0n) is 17.6. The zero-order chi connectivity index (χ0) is 22.0. The molecule has 5 nitrogen and oxygen atoms in total. The number of aliphatic hydroxyl groups is 1. The highest BCUT2D eigenvalue weighted by Gasteiger charge is 2.46. The molecule has 0 radical (unpaired) electrons. The van der Waals surface area contributed by atoms with Crippen molar-refractivity contribution in [2.45, 2.75) is 32.9 Å². The summed E-state index contributed by atoms with van der Waals surface area (Å²) in [6.45, 7) is 4.18. The third kappa shape index (κ3) is 3.99. The summed E-state index contributed by atoms with van der Waals surface area (Å²) in [5.41, 5.74) is 4.22. The van der Waals surface area contributed by atoms with E-state index in [2.05, 4.69) is 11.9 Å². The molecule has 2 aromatic carbocycles. The molecule has 2 heterocycles. The van der Waals surface area contributed by atoms with Gasteiger partial charge in [-0.2, -0.15) is 0 Å². The van der Waals surface area contributed by atoms with Gasteiger partial charge in [-0.3, -0.25) is 14.6 Å². The lowest BCUT2D eigenvalue weighted by Gasteiger charge is -2.25. The van der Waals surface area contributed by atoms with E-state index < -0.39 is 17.7 Å². The second-order valence-corrected chi connectivity index (χ2v) is 7.71. The number of amides is 1. The van der Waals surface area contributed by atoms with E-state index in [1.165, 1.54) is 4.90 Å². The Hall–Kier alpha value is -3.73. The van der Waals surface area contributed by atoms with Crippen molar-refractivity contribution in [2.75, 3.05) is 0 Å². The third-order valence-electron chi connectivity index (χ3n) is 5.59. The molecule has 1 atom stereocenters. The number of aryl methyl sites for hydroxylation is 2. The van der Waals surface area contributed by atoms with Crippen LogP contribution in [0.3, 0.4) is 0 Å². The SMILES string of the molecule is CCc1ccc(/C(O)=C2/C(=O)C(=O)N(Cc3ccccn3)C2c2cccc(C)c2)cc1. The fourth-order valence-electron chi connectivity index (χ4n) is 3.95. The number of aromatic nitrogens is 1. The van der Waals surface area contributed by atoms with Crippen molar-refractivity contribution in [3.05, 3.63) is 106 Å². The van der Waals surface area contributed by atoms with Crippen LogP contribution in [0.4, 0.5) is 0 Å². The first-order valence-corrected chi connectivity index (χ1v) is 10.3. The Morgan fingerprint density at radius 1 is 1.03 bits per heavy atom. The van der Waals surface area contributed by atoms with Gasteiger partial charge in [0.1, 0.15) is 5.76 Å². The molecule has 1 aliphatic heterocycles. The Balaban J connectivity index is 1.85. The number of Topliss-reactive ketones (excluding diaryl/α,β-unsaturated/α-hetero) is 1. The van der Waals surface area contributed by atoms with Crippen LogP contribution in [0.15, 0.2) is 78.5 Å². The number of ketones is 1. The van der Waals surface area contributed by atoms with Crippen LogP contribution in [-0.4, -0.2) is 26.7 Å². The topological polar surface area (TPSA) is 70.5 Å². The number of pyridine rings is 1. The predicted octanol–water partition coefficient (Wildman–Crippen LogP) is 4.57. The molecule has 0 spiro atoms. The number of carbonyl (C=O) groups excluding carboxylic acids is 2. The molecular formula is C26H24N2O3. The Morgan fingerprint density at radius 2 is 1.81 bits per heavy atom. The second kappa shape index (κ2) is 8.56. The van der Waals surface area contributed by atoms with Gasteiger partial charge in [0.15, 0.2) is 0 Å². The van der Waals surface area contributed by atoms with Crippen LogP contribution in [0.25, 0.3) is 5.76 Å². The summed E-state index contributed by atoms with van der Waals surface area (Å²) in [6.07, 6.45) is 2.53. The van der Waals surface area contributed by atoms with Gasteiger partial charge in [0.25, 0.3) is 11.7 Å². The molecule has 1 aromatic heterocycles. The van der Waals surface area contributed by atoms with E-state index in [1.54, 1.807) is 24.4 Å². The van der Waals surface area contributed by atoms with Crippen molar-refractivity contribution in [2.24, 2.45) is 0 Å². The molecule has 156 valence electrons. The highest BCUT2D eigenvalue weighted by atomic mass is 16.3. The Morgan fingerprint density at radius 3 is 2.45 bits per heavy atom. The lowest BCUT2D eigenvalue weighted by atomic mass is 9.94. The first-order chi connectivity index (χ1) is 15.0. The third-order valence-corrected chi connectivity index (χ3v) is 5.59. The molecule has 1 saturated heterocycles. The number of hydrogen-bond acceptors (Lipinski definition) is 4.